The van der Waals surface area contributed by atoms with E-state index in [2.05, 4.69) is 5.32 Å². The maximum atomic E-state index is 14.0. The van der Waals surface area contributed by atoms with Gasteiger partial charge in [-0.1, -0.05) is 84.2 Å². The number of rotatable bonds is 12. The zero-order chi connectivity index (χ0) is 29.4. The van der Waals surface area contributed by atoms with Crippen molar-refractivity contribution in [1.82, 2.24) is 14.5 Å². The highest BCUT2D eigenvalue weighted by Gasteiger charge is 2.34. The standard InChI is InChI=1S/C30H35Cl2N3O4S/c1-5-22(3)33-30(37)28(18-23-10-7-6-8-11-23)35(19-25-26(31)12-9-13-27(25)32)29(36)20-34(4)40(38,39)24-16-14-21(2)15-17-24/h6-17,22,28H,5,18-20H2,1-4H3,(H,33,37)/t22-,28+/m1/s1. The zero-order valence-electron chi connectivity index (χ0n) is 23.1. The minimum Gasteiger partial charge on any atom is -0.352 e. The fourth-order valence-electron chi connectivity index (χ4n) is 4.11. The van der Waals surface area contributed by atoms with E-state index < -0.39 is 28.5 Å². The number of halogens is 2. The van der Waals surface area contributed by atoms with Crippen LogP contribution in [0.2, 0.25) is 10.0 Å². The molecule has 0 radical (unpaired) electrons. The Hall–Kier alpha value is -2.91. The molecule has 10 heteroatoms. The van der Waals surface area contributed by atoms with Gasteiger partial charge in [-0.05, 0) is 50.1 Å². The van der Waals surface area contributed by atoms with Crippen LogP contribution in [0.25, 0.3) is 0 Å². The van der Waals surface area contributed by atoms with E-state index in [9.17, 15) is 18.0 Å². The third-order valence-corrected chi connectivity index (χ3v) is 9.28. The molecule has 0 heterocycles. The van der Waals surface area contributed by atoms with Gasteiger partial charge in [-0.2, -0.15) is 4.31 Å². The van der Waals surface area contributed by atoms with Crippen LogP contribution in [0.3, 0.4) is 0 Å². The highest BCUT2D eigenvalue weighted by molar-refractivity contribution is 7.89. The van der Waals surface area contributed by atoms with Gasteiger partial charge in [0.05, 0.1) is 11.4 Å². The molecule has 0 aliphatic carbocycles. The second-order valence-electron chi connectivity index (χ2n) is 9.82. The third-order valence-electron chi connectivity index (χ3n) is 6.75. The summed E-state index contributed by atoms with van der Waals surface area (Å²) < 4.78 is 27.6. The summed E-state index contributed by atoms with van der Waals surface area (Å²) in [4.78, 5) is 29.1. The molecule has 2 amide bonds. The molecule has 214 valence electrons. The van der Waals surface area contributed by atoms with E-state index in [1.807, 2.05) is 51.1 Å². The Labute approximate surface area is 247 Å². The molecular formula is C30H35Cl2N3O4S. The summed E-state index contributed by atoms with van der Waals surface area (Å²) >= 11 is 12.9. The van der Waals surface area contributed by atoms with E-state index in [-0.39, 0.29) is 29.8 Å². The Balaban J connectivity index is 2.02. The van der Waals surface area contributed by atoms with Gasteiger partial charge < -0.3 is 10.2 Å². The fraction of sp³-hybridized carbons (Fsp3) is 0.333. The lowest BCUT2D eigenvalue weighted by Gasteiger charge is -2.33. The van der Waals surface area contributed by atoms with Gasteiger partial charge in [0.1, 0.15) is 6.04 Å². The van der Waals surface area contributed by atoms with Crippen molar-refractivity contribution in [2.24, 2.45) is 0 Å². The average Bonchev–Trinajstić information content (AvgIpc) is 2.92. The average molecular weight is 605 g/mol. The number of likely N-dealkylation sites (N-methyl/N-ethyl adjacent to an activating group) is 1. The van der Waals surface area contributed by atoms with Crippen LogP contribution in [0, 0.1) is 6.92 Å². The van der Waals surface area contributed by atoms with E-state index in [1.165, 1.54) is 24.1 Å². The van der Waals surface area contributed by atoms with Crippen LogP contribution in [0.4, 0.5) is 0 Å². The maximum absolute atomic E-state index is 14.0. The van der Waals surface area contributed by atoms with E-state index in [4.69, 9.17) is 23.2 Å². The number of hydrogen-bond acceptors (Lipinski definition) is 4. The Bertz CT molecular complexity index is 1400. The number of benzene rings is 3. The van der Waals surface area contributed by atoms with Gasteiger partial charge in [0.25, 0.3) is 0 Å². The van der Waals surface area contributed by atoms with Crippen molar-refractivity contribution in [3.05, 3.63) is 99.5 Å². The molecule has 3 aromatic rings. The van der Waals surface area contributed by atoms with E-state index in [0.717, 1.165) is 15.4 Å². The van der Waals surface area contributed by atoms with Gasteiger partial charge in [0, 0.05) is 41.7 Å². The molecule has 2 atom stereocenters. The lowest BCUT2D eigenvalue weighted by atomic mass is 10.0. The van der Waals surface area contributed by atoms with Gasteiger partial charge in [-0.25, -0.2) is 8.42 Å². The first-order valence-electron chi connectivity index (χ1n) is 13.0. The van der Waals surface area contributed by atoms with Crippen LogP contribution in [-0.2, 0) is 32.6 Å². The minimum absolute atomic E-state index is 0.0736. The summed E-state index contributed by atoms with van der Waals surface area (Å²) in [5, 5.41) is 3.66. The summed E-state index contributed by atoms with van der Waals surface area (Å²) in [5.74, 6) is -0.909. The number of sulfonamides is 1. The first-order chi connectivity index (χ1) is 18.9. The minimum atomic E-state index is -3.97. The third kappa shape index (κ3) is 8.07. The maximum Gasteiger partial charge on any atom is 0.243 e. The molecule has 40 heavy (non-hydrogen) atoms. The van der Waals surface area contributed by atoms with Gasteiger partial charge in [-0.3, -0.25) is 9.59 Å². The predicted molar refractivity (Wildman–Crippen MR) is 160 cm³/mol. The van der Waals surface area contributed by atoms with Crippen molar-refractivity contribution in [1.29, 1.82) is 0 Å². The second-order valence-corrected chi connectivity index (χ2v) is 12.7. The number of carbonyl (C=O) groups excluding carboxylic acids is 2. The van der Waals surface area contributed by atoms with Gasteiger partial charge in [-0.15, -0.1) is 0 Å². The Morgan fingerprint density at radius 1 is 0.925 bits per heavy atom. The lowest BCUT2D eigenvalue weighted by Crippen LogP contribution is -2.54. The van der Waals surface area contributed by atoms with Crippen molar-refractivity contribution >= 4 is 45.0 Å². The van der Waals surface area contributed by atoms with Crippen LogP contribution in [0.5, 0.6) is 0 Å². The predicted octanol–water partition coefficient (Wildman–Crippen LogP) is 5.48. The summed E-state index contributed by atoms with van der Waals surface area (Å²) in [6.07, 6.45) is 0.914. The summed E-state index contributed by atoms with van der Waals surface area (Å²) in [6, 6.07) is 19.7. The first-order valence-corrected chi connectivity index (χ1v) is 15.2. The number of nitrogens with one attached hydrogen (secondary N) is 1. The Kier molecular flexibility index (Phi) is 11.2. The van der Waals surface area contributed by atoms with Gasteiger partial charge >= 0.3 is 0 Å². The Morgan fingerprint density at radius 2 is 1.52 bits per heavy atom. The smallest absolute Gasteiger partial charge is 0.243 e. The normalized spacial score (nSPS) is 13.1. The molecule has 0 fully saturated rings. The van der Waals surface area contributed by atoms with Crippen molar-refractivity contribution < 1.29 is 18.0 Å². The highest BCUT2D eigenvalue weighted by Crippen LogP contribution is 2.27. The molecular weight excluding hydrogens is 569 g/mol. The molecule has 3 aromatic carbocycles. The molecule has 0 aliphatic rings. The van der Waals surface area contributed by atoms with Crippen molar-refractivity contribution in [3.8, 4) is 0 Å². The monoisotopic (exact) mass is 603 g/mol. The molecule has 1 N–H and O–H groups in total. The summed E-state index contributed by atoms with van der Waals surface area (Å²) in [7, 11) is -2.62. The SMILES string of the molecule is CC[C@@H](C)NC(=O)[C@H](Cc1ccccc1)N(Cc1c(Cl)cccc1Cl)C(=O)CN(C)S(=O)(=O)c1ccc(C)cc1. The molecule has 0 unspecified atom stereocenters. The largest absolute Gasteiger partial charge is 0.352 e. The fourth-order valence-corrected chi connectivity index (χ4v) is 5.74. The molecule has 0 saturated heterocycles. The van der Waals surface area contributed by atoms with Crippen LogP contribution in [-0.4, -0.2) is 55.1 Å². The van der Waals surface area contributed by atoms with E-state index >= 15 is 0 Å². The van der Waals surface area contributed by atoms with Gasteiger partial charge in [0.2, 0.25) is 21.8 Å². The molecule has 0 bridgehead atoms. The van der Waals surface area contributed by atoms with Crippen LogP contribution < -0.4 is 5.32 Å². The number of aryl methyl sites for hydroxylation is 1. The van der Waals surface area contributed by atoms with E-state index in [1.54, 1.807) is 30.3 Å². The van der Waals surface area contributed by atoms with Crippen LogP contribution >= 0.6 is 23.2 Å². The molecule has 0 aliphatic heterocycles. The molecule has 0 spiro atoms. The number of nitrogens with zero attached hydrogens (tertiary/aromatic N) is 2. The van der Waals surface area contributed by atoms with Crippen molar-refractivity contribution in [3.63, 3.8) is 0 Å². The van der Waals surface area contributed by atoms with Crippen LogP contribution in [0.1, 0.15) is 37.0 Å². The first kappa shape index (κ1) is 31.6. The zero-order valence-corrected chi connectivity index (χ0v) is 25.4. The number of carbonyl (C=O) groups is 2. The topological polar surface area (TPSA) is 86.8 Å². The van der Waals surface area contributed by atoms with Crippen LogP contribution in [0.15, 0.2) is 77.7 Å². The molecule has 0 saturated carbocycles. The van der Waals surface area contributed by atoms with Crippen molar-refractivity contribution in [2.75, 3.05) is 13.6 Å². The number of amides is 2. The quantitative estimate of drug-likeness (QED) is 0.297. The van der Waals surface area contributed by atoms with E-state index in [0.29, 0.717) is 22.0 Å². The van der Waals surface area contributed by atoms with Crippen molar-refractivity contribution in [2.45, 2.75) is 57.1 Å². The second kappa shape index (κ2) is 14.1. The molecule has 0 aromatic heterocycles. The highest BCUT2D eigenvalue weighted by atomic mass is 35.5. The molecule has 7 nitrogen and oxygen atoms in total. The number of hydrogen-bond donors (Lipinski definition) is 1. The Morgan fingerprint density at radius 3 is 2.10 bits per heavy atom. The summed E-state index contributed by atoms with van der Waals surface area (Å²) in [6.45, 7) is 5.13. The lowest BCUT2D eigenvalue weighted by molar-refractivity contribution is -0.141. The molecule has 3 rings (SSSR count). The van der Waals surface area contributed by atoms with Gasteiger partial charge in [0.15, 0.2) is 0 Å². The summed E-state index contributed by atoms with van der Waals surface area (Å²) in [5.41, 5.74) is 2.23.